The van der Waals surface area contributed by atoms with Crippen LogP contribution >= 0.6 is 0 Å². The van der Waals surface area contributed by atoms with Gasteiger partial charge in [0.05, 0.1) is 5.75 Å². The van der Waals surface area contributed by atoms with Gasteiger partial charge in [0.1, 0.15) is 5.60 Å². The molecule has 0 bridgehead atoms. The first-order chi connectivity index (χ1) is 8.54. The molecule has 0 saturated heterocycles. The molecule has 114 valence electrons. The maximum absolute atomic E-state index is 11.4. The third-order valence-electron chi connectivity index (χ3n) is 2.06. The van der Waals surface area contributed by atoms with Crippen molar-refractivity contribution >= 4 is 16.1 Å². The lowest BCUT2D eigenvalue weighted by Gasteiger charge is -2.19. The van der Waals surface area contributed by atoms with Crippen molar-refractivity contribution in [3.8, 4) is 0 Å². The molecule has 0 atom stereocenters. The third kappa shape index (κ3) is 9.69. The number of ether oxygens (including phenoxy) is 1. The van der Waals surface area contributed by atoms with Gasteiger partial charge < -0.3 is 15.4 Å². The SMILES string of the molecule is CN(C)S(=O)(=O)CCNCCNC(=O)OC(C)(C)C. The Kier molecular flexibility index (Phi) is 7.32. The Morgan fingerprint density at radius 1 is 1.16 bits per heavy atom. The van der Waals surface area contributed by atoms with Gasteiger partial charge in [0.25, 0.3) is 0 Å². The summed E-state index contributed by atoms with van der Waals surface area (Å²) in [4.78, 5) is 11.3. The molecule has 0 fully saturated rings. The first kappa shape index (κ1) is 18.1. The Morgan fingerprint density at radius 3 is 2.21 bits per heavy atom. The van der Waals surface area contributed by atoms with Gasteiger partial charge in [0.2, 0.25) is 10.0 Å². The molecule has 8 heteroatoms. The third-order valence-corrected chi connectivity index (χ3v) is 3.90. The maximum atomic E-state index is 11.4. The highest BCUT2D eigenvalue weighted by atomic mass is 32.2. The minimum atomic E-state index is -3.17. The van der Waals surface area contributed by atoms with Crippen molar-refractivity contribution in [2.75, 3.05) is 39.5 Å². The van der Waals surface area contributed by atoms with Gasteiger partial charge in [-0.05, 0) is 20.8 Å². The predicted octanol–water partition coefficient (Wildman–Crippen LogP) is -0.00790. The number of hydrogen-bond donors (Lipinski definition) is 2. The molecule has 19 heavy (non-hydrogen) atoms. The molecule has 0 heterocycles. The monoisotopic (exact) mass is 295 g/mol. The number of nitrogens with one attached hydrogen (secondary N) is 2. The minimum absolute atomic E-state index is 0.0342. The van der Waals surface area contributed by atoms with E-state index < -0.39 is 21.7 Å². The van der Waals surface area contributed by atoms with Crippen LogP contribution in [0.2, 0.25) is 0 Å². The maximum Gasteiger partial charge on any atom is 0.407 e. The second-order valence-corrected chi connectivity index (χ2v) is 7.58. The molecule has 0 spiro atoms. The average molecular weight is 295 g/mol. The number of amides is 1. The zero-order chi connectivity index (χ0) is 15.1. The summed E-state index contributed by atoms with van der Waals surface area (Å²) < 4.78 is 29.1. The minimum Gasteiger partial charge on any atom is -0.444 e. The molecular weight excluding hydrogens is 270 g/mol. The van der Waals surface area contributed by atoms with Gasteiger partial charge in [0.15, 0.2) is 0 Å². The van der Waals surface area contributed by atoms with Crippen LogP contribution in [0, 0.1) is 0 Å². The van der Waals surface area contributed by atoms with Crippen molar-refractivity contribution in [1.82, 2.24) is 14.9 Å². The molecule has 0 saturated carbocycles. The standard InChI is InChI=1S/C11H25N3O4S/c1-11(2,3)18-10(15)13-7-6-12-8-9-19(16,17)14(4)5/h12H,6-9H2,1-5H3,(H,13,15). The summed E-state index contributed by atoms with van der Waals surface area (Å²) in [5.74, 6) is 0.0342. The fourth-order valence-electron chi connectivity index (χ4n) is 1.08. The van der Waals surface area contributed by atoms with Gasteiger partial charge in [-0.1, -0.05) is 0 Å². The lowest BCUT2D eigenvalue weighted by Crippen LogP contribution is -2.38. The lowest BCUT2D eigenvalue weighted by atomic mass is 10.2. The van der Waals surface area contributed by atoms with E-state index in [0.29, 0.717) is 19.6 Å². The van der Waals surface area contributed by atoms with Crippen LogP contribution in [-0.2, 0) is 14.8 Å². The molecule has 0 aromatic heterocycles. The molecule has 0 aromatic rings. The summed E-state index contributed by atoms with van der Waals surface area (Å²) in [5, 5.41) is 5.51. The van der Waals surface area contributed by atoms with Gasteiger partial charge in [-0.3, -0.25) is 0 Å². The van der Waals surface area contributed by atoms with Gasteiger partial charge in [-0.25, -0.2) is 17.5 Å². The van der Waals surface area contributed by atoms with Crippen LogP contribution in [0.4, 0.5) is 4.79 Å². The van der Waals surface area contributed by atoms with Crippen molar-refractivity contribution in [1.29, 1.82) is 0 Å². The Morgan fingerprint density at radius 2 is 1.74 bits per heavy atom. The van der Waals surface area contributed by atoms with Crippen LogP contribution in [0.15, 0.2) is 0 Å². The Balaban J connectivity index is 3.65. The summed E-state index contributed by atoms with van der Waals surface area (Å²) in [6.45, 7) is 6.58. The number of sulfonamides is 1. The summed E-state index contributed by atoms with van der Waals surface area (Å²) >= 11 is 0. The van der Waals surface area contributed by atoms with Crippen LogP contribution in [-0.4, -0.2) is 63.9 Å². The first-order valence-corrected chi connectivity index (χ1v) is 7.73. The lowest BCUT2D eigenvalue weighted by molar-refractivity contribution is 0.0528. The van der Waals surface area contributed by atoms with Gasteiger partial charge in [-0.2, -0.15) is 0 Å². The second kappa shape index (κ2) is 7.66. The molecule has 0 aliphatic rings. The van der Waals surface area contributed by atoms with E-state index in [2.05, 4.69) is 10.6 Å². The molecule has 0 aliphatic carbocycles. The second-order valence-electron chi connectivity index (χ2n) is 5.28. The number of alkyl carbamates (subject to hydrolysis) is 1. The van der Waals surface area contributed by atoms with E-state index in [-0.39, 0.29) is 5.75 Å². The molecule has 0 radical (unpaired) electrons. The van der Waals surface area contributed by atoms with E-state index >= 15 is 0 Å². The summed E-state index contributed by atoms with van der Waals surface area (Å²) in [5.41, 5.74) is -0.517. The van der Waals surface area contributed by atoms with Crippen molar-refractivity contribution in [3.63, 3.8) is 0 Å². The van der Waals surface area contributed by atoms with Crippen LogP contribution in [0.5, 0.6) is 0 Å². The van der Waals surface area contributed by atoms with Crippen LogP contribution in [0.1, 0.15) is 20.8 Å². The van der Waals surface area contributed by atoms with Crippen LogP contribution in [0.3, 0.4) is 0 Å². The highest BCUT2D eigenvalue weighted by Crippen LogP contribution is 2.05. The van der Waals surface area contributed by atoms with E-state index in [1.54, 1.807) is 20.8 Å². The molecular formula is C11H25N3O4S. The molecule has 0 unspecified atom stereocenters. The van der Waals surface area contributed by atoms with Crippen molar-refractivity contribution < 1.29 is 17.9 Å². The number of hydrogen-bond acceptors (Lipinski definition) is 5. The van der Waals surface area contributed by atoms with Gasteiger partial charge >= 0.3 is 6.09 Å². The molecule has 0 aliphatic heterocycles. The number of nitrogens with zero attached hydrogens (tertiary/aromatic N) is 1. The fourth-order valence-corrected chi connectivity index (χ4v) is 1.84. The number of rotatable bonds is 7. The number of carbonyl (C=O) groups excluding carboxylic acids is 1. The Hall–Kier alpha value is -0.860. The smallest absolute Gasteiger partial charge is 0.407 e. The predicted molar refractivity (Wildman–Crippen MR) is 74.6 cm³/mol. The summed E-state index contributed by atoms with van der Waals surface area (Å²) in [6, 6.07) is 0. The van der Waals surface area contributed by atoms with Gasteiger partial charge in [0, 0.05) is 33.7 Å². The largest absolute Gasteiger partial charge is 0.444 e. The molecule has 0 aromatic carbocycles. The van der Waals surface area contributed by atoms with E-state index in [4.69, 9.17) is 4.74 Å². The van der Waals surface area contributed by atoms with Crippen molar-refractivity contribution in [2.24, 2.45) is 0 Å². The zero-order valence-corrected chi connectivity index (χ0v) is 13.1. The molecule has 1 amide bonds. The fraction of sp³-hybridized carbons (Fsp3) is 0.909. The Bertz CT molecular complexity index is 374. The van der Waals surface area contributed by atoms with E-state index in [1.807, 2.05) is 0 Å². The molecule has 7 nitrogen and oxygen atoms in total. The normalized spacial score (nSPS) is 12.5. The Labute approximate surface area is 115 Å². The highest BCUT2D eigenvalue weighted by molar-refractivity contribution is 7.89. The quantitative estimate of drug-likeness (QED) is 0.645. The number of carbonyl (C=O) groups is 1. The van der Waals surface area contributed by atoms with E-state index in [0.717, 1.165) is 0 Å². The van der Waals surface area contributed by atoms with Crippen molar-refractivity contribution in [3.05, 3.63) is 0 Å². The summed E-state index contributed by atoms with van der Waals surface area (Å²) in [7, 11) is -0.168. The molecule has 2 N–H and O–H groups in total. The first-order valence-electron chi connectivity index (χ1n) is 6.12. The van der Waals surface area contributed by atoms with Gasteiger partial charge in [-0.15, -0.1) is 0 Å². The van der Waals surface area contributed by atoms with E-state index in [1.165, 1.54) is 18.4 Å². The summed E-state index contributed by atoms with van der Waals surface area (Å²) in [6.07, 6.45) is -0.477. The topological polar surface area (TPSA) is 87.7 Å². The average Bonchev–Trinajstić information content (AvgIpc) is 2.20. The molecule has 0 rings (SSSR count). The van der Waals surface area contributed by atoms with E-state index in [9.17, 15) is 13.2 Å². The zero-order valence-electron chi connectivity index (χ0n) is 12.3. The van der Waals surface area contributed by atoms with Crippen molar-refractivity contribution in [2.45, 2.75) is 26.4 Å². The van der Waals surface area contributed by atoms with Crippen LogP contribution in [0.25, 0.3) is 0 Å². The highest BCUT2D eigenvalue weighted by Gasteiger charge is 2.15. The van der Waals surface area contributed by atoms with Crippen LogP contribution < -0.4 is 10.6 Å².